The van der Waals surface area contributed by atoms with Crippen molar-refractivity contribution in [3.05, 3.63) is 58.8 Å². The van der Waals surface area contributed by atoms with Crippen molar-refractivity contribution in [2.24, 2.45) is 5.92 Å². The SMILES string of the molecule is Cl.O=C(Cn1c2ccccc2c(=O)c2ccccc21)NCCC1CCNC1. The molecule has 0 bridgehead atoms. The highest BCUT2D eigenvalue weighted by molar-refractivity contribution is 5.94. The number of aromatic nitrogens is 1. The number of carbonyl (C=O) groups excluding carboxylic acids is 1. The first kappa shape index (κ1) is 19.4. The van der Waals surface area contributed by atoms with E-state index in [0.717, 1.165) is 30.5 Å². The van der Waals surface area contributed by atoms with E-state index in [9.17, 15) is 9.59 Å². The Labute approximate surface area is 164 Å². The summed E-state index contributed by atoms with van der Waals surface area (Å²) in [4.78, 5) is 25.3. The number of nitrogens with one attached hydrogen (secondary N) is 2. The van der Waals surface area contributed by atoms with Gasteiger partial charge in [-0.15, -0.1) is 12.4 Å². The van der Waals surface area contributed by atoms with Gasteiger partial charge >= 0.3 is 0 Å². The molecule has 27 heavy (non-hydrogen) atoms. The molecule has 0 aliphatic carbocycles. The first-order valence-electron chi connectivity index (χ1n) is 9.22. The van der Waals surface area contributed by atoms with E-state index < -0.39 is 0 Å². The molecule has 0 saturated carbocycles. The van der Waals surface area contributed by atoms with Gasteiger partial charge < -0.3 is 15.2 Å². The van der Waals surface area contributed by atoms with Gasteiger partial charge in [0, 0.05) is 17.3 Å². The number of fused-ring (bicyclic) bond motifs is 2. The highest BCUT2D eigenvalue weighted by atomic mass is 35.5. The average molecular weight is 386 g/mol. The molecule has 1 unspecified atom stereocenters. The minimum atomic E-state index is -0.0186. The molecule has 0 radical (unpaired) electrons. The summed E-state index contributed by atoms with van der Waals surface area (Å²) in [5, 5.41) is 7.68. The van der Waals surface area contributed by atoms with Crippen molar-refractivity contribution < 1.29 is 4.79 Å². The van der Waals surface area contributed by atoms with Crippen molar-refractivity contribution >= 4 is 40.1 Å². The third kappa shape index (κ3) is 3.99. The van der Waals surface area contributed by atoms with Crippen molar-refractivity contribution in [3.8, 4) is 0 Å². The number of benzene rings is 2. The van der Waals surface area contributed by atoms with Crippen molar-refractivity contribution in [1.82, 2.24) is 15.2 Å². The van der Waals surface area contributed by atoms with E-state index in [1.807, 2.05) is 53.1 Å². The van der Waals surface area contributed by atoms with Crippen molar-refractivity contribution in [2.45, 2.75) is 19.4 Å². The molecule has 1 aliphatic rings. The molecule has 1 aliphatic heterocycles. The highest BCUT2D eigenvalue weighted by Crippen LogP contribution is 2.19. The topological polar surface area (TPSA) is 63.1 Å². The molecular weight excluding hydrogens is 362 g/mol. The molecule has 0 spiro atoms. The van der Waals surface area contributed by atoms with E-state index in [4.69, 9.17) is 0 Å². The predicted molar refractivity (Wildman–Crippen MR) is 112 cm³/mol. The number of halogens is 1. The molecule has 142 valence electrons. The van der Waals surface area contributed by atoms with Gasteiger partial charge in [0.2, 0.25) is 5.91 Å². The predicted octanol–water partition coefficient (Wildman–Crippen LogP) is 2.69. The van der Waals surface area contributed by atoms with Gasteiger partial charge in [0.05, 0.1) is 11.0 Å². The fourth-order valence-electron chi connectivity index (χ4n) is 3.82. The van der Waals surface area contributed by atoms with Crippen molar-refractivity contribution in [3.63, 3.8) is 0 Å². The zero-order valence-electron chi connectivity index (χ0n) is 15.1. The van der Waals surface area contributed by atoms with Crippen LogP contribution in [0.2, 0.25) is 0 Å². The van der Waals surface area contributed by atoms with Gasteiger partial charge in [-0.05, 0) is 56.1 Å². The number of rotatable bonds is 5. The lowest BCUT2D eigenvalue weighted by Gasteiger charge is -2.15. The van der Waals surface area contributed by atoms with Gasteiger partial charge in [-0.2, -0.15) is 0 Å². The van der Waals surface area contributed by atoms with Crippen LogP contribution in [0.15, 0.2) is 53.3 Å². The highest BCUT2D eigenvalue weighted by Gasteiger charge is 2.15. The Morgan fingerprint density at radius 1 is 1.07 bits per heavy atom. The smallest absolute Gasteiger partial charge is 0.239 e. The van der Waals surface area contributed by atoms with E-state index in [1.54, 1.807) is 0 Å². The van der Waals surface area contributed by atoms with Crippen LogP contribution >= 0.6 is 12.4 Å². The maximum absolute atomic E-state index is 12.7. The summed E-state index contributed by atoms with van der Waals surface area (Å²) < 4.78 is 1.94. The van der Waals surface area contributed by atoms with Crippen LogP contribution in [0.4, 0.5) is 0 Å². The molecule has 1 fully saturated rings. The Kier molecular flexibility index (Phi) is 6.14. The Morgan fingerprint density at radius 3 is 2.30 bits per heavy atom. The quantitative estimate of drug-likeness (QED) is 0.664. The number of pyridine rings is 1. The summed E-state index contributed by atoms with van der Waals surface area (Å²) in [5.41, 5.74) is 1.61. The van der Waals surface area contributed by atoms with Gasteiger partial charge in [-0.1, -0.05) is 24.3 Å². The molecule has 2 heterocycles. The van der Waals surface area contributed by atoms with Crippen LogP contribution in [0.3, 0.4) is 0 Å². The van der Waals surface area contributed by atoms with Crippen LogP contribution in [0.25, 0.3) is 21.8 Å². The first-order chi connectivity index (χ1) is 12.7. The van der Waals surface area contributed by atoms with Crippen LogP contribution in [0, 0.1) is 5.92 Å². The van der Waals surface area contributed by atoms with E-state index in [-0.39, 0.29) is 30.3 Å². The van der Waals surface area contributed by atoms with Crippen LogP contribution in [-0.2, 0) is 11.3 Å². The van der Waals surface area contributed by atoms with Crippen molar-refractivity contribution in [2.75, 3.05) is 19.6 Å². The Balaban J connectivity index is 0.00000210. The Hall–Kier alpha value is -2.37. The normalized spacial score (nSPS) is 16.4. The molecule has 6 heteroatoms. The first-order valence-corrected chi connectivity index (χ1v) is 9.22. The molecule has 2 aromatic carbocycles. The second-order valence-corrected chi connectivity index (χ2v) is 6.95. The lowest BCUT2D eigenvalue weighted by molar-refractivity contribution is -0.121. The van der Waals surface area contributed by atoms with Crippen LogP contribution < -0.4 is 16.1 Å². The molecule has 1 aromatic heterocycles. The third-order valence-electron chi connectivity index (χ3n) is 5.22. The van der Waals surface area contributed by atoms with Gasteiger partial charge in [0.15, 0.2) is 5.43 Å². The fourth-order valence-corrected chi connectivity index (χ4v) is 3.82. The maximum atomic E-state index is 12.7. The van der Waals surface area contributed by atoms with Gasteiger partial charge in [0.25, 0.3) is 0 Å². The second kappa shape index (κ2) is 8.55. The summed E-state index contributed by atoms with van der Waals surface area (Å²) in [5.74, 6) is 0.638. The van der Waals surface area contributed by atoms with E-state index in [1.165, 1.54) is 6.42 Å². The van der Waals surface area contributed by atoms with Crippen molar-refractivity contribution in [1.29, 1.82) is 0 Å². The van der Waals surface area contributed by atoms with E-state index in [2.05, 4.69) is 10.6 Å². The number of amides is 1. The Morgan fingerprint density at radius 2 is 1.70 bits per heavy atom. The monoisotopic (exact) mass is 385 g/mol. The molecule has 4 rings (SSSR count). The van der Waals surface area contributed by atoms with E-state index in [0.29, 0.717) is 23.2 Å². The van der Waals surface area contributed by atoms with Gasteiger partial charge in [0.1, 0.15) is 6.54 Å². The van der Waals surface area contributed by atoms with Gasteiger partial charge in [-0.3, -0.25) is 9.59 Å². The minimum Gasteiger partial charge on any atom is -0.355 e. The zero-order valence-corrected chi connectivity index (χ0v) is 15.9. The number of nitrogens with zero attached hydrogens (tertiary/aromatic N) is 1. The lowest BCUT2D eigenvalue weighted by Crippen LogP contribution is -2.30. The molecule has 1 amide bonds. The Bertz CT molecular complexity index is 949. The summed E-state index contributed by atoms with van der Waals surface area (Å²) >= 11 is 0. The molecule has 2 N–H and O–H groups in total. The summed E-state index contributed by atoms with van der Waals surface area (Å²) in [6.07, 6.45) is 2.19. The van der Waals surface area contributed by atoms with Crippen LogP contribution in [0.5, 0.6) is 0 Å². The molecule has 3 aromatic rings. The number of para-hydroxylation sites is 2. The summed E-state index contributed by atoms with van der Waals surface area (Å²) in [6.45, 7) is 3.03. The lowest BCUT2D eigenvalue weighted by atomic mass is 10.1. The zero-order chi connectivity index (χ0) is 17.9. The molecule has 1 saturated heterocycles. The minimum absolute atomic E-state index is 0. The largest absolute Gasteiger partial charge is 0.355 e. The summed E-state index contributed by atoms with van der Waals surface area (Å²) in [6, 6.07) is 15.0. The number of hydrogen-bond acceptors (Lipinski definition) is 3. The fraction of sp³-hybridized carbons (Fsp3) is 0.333. The standard InChI is InChI=1S/C21H23N3O2.ClH/c25-20(23-12-10-15-9-11-22-13-15)14-24-18-7-3-1-5-16(18)21(26)17-6-2-4-8-19(17)24;/h1-8,15,22H,9-14H2,(H,23,25);1H. The van der Waals surface area contributed by atoms with Gasteiger partial charge in [-0.25, -0.2) is 0 Å². The number of carbonyl (C=O) groups is 1. The van der Waals surface area contributed by atoms with Crippen LogP contribution in [0.1, 0.15) is 12.8 Å². The molecular formula is C21H24ClN3O2. The van der Waals surface area contributed by atoms with Crippen LogP contribution in [-0.4, -0.2) is 30.1 Å². The molecule has 1 atom stereocenters. The number of hydrogen-bond donors (Lipinski definition) is 2. The molecule has 5 nitrogen and oxygen atoms in total. The summed E-state index contributed by atoms with van der Waals surface area (Å²) in [7, 11) is 0. The average Bonchev–Trinajstić information content (AvgIpc) is 3.19. The second-order valence-electron chi connectivity index (χ2n) is 6.95. The van der Waals surface area contributed by atoms with E-state index >= 15 is 0 Å². The third-order valence-corrected chi connectivity index (χ3v) is 5.22. The maximum Gasteiger partial charge on any atom is 0.239 e.